The largest absolute Gasteiger partial charge is 0.354 e. The van der Waals surface area contributed by atoms with Crippen LogP contribution in [0.3, 0.4) is 0 Å². The number of anilines is 1. The van der Waals surface area contributed by atoms with Crippen molar-refractivity contribution in [3.8, 4) is 0 Å². The third-order valence-electron chi connectivity index (χ3n) is 5.65. The smallest absolute Gasteiger partial charge is 0.274 e. The zero-order chi connectivity index (χ0) is 22.0. The average molecular weight is 437 g/mol. The van der Waals surface area contributed by atoms with Crippen molar-refractivity contribution in [2.75, 3.05) is 11.9 Å². The molecule has 4 rings (SSSR count). The number of H-pyrrole nitrogens is 1. The Morgan fingerprint density at radius 1 is 1.26 bits per heavy atom. The van der Waals surface area contributed by atoms with Crippen LogP contribution in [0, 0.1) is 6.92 Å². The molecular weight excluding hydrogens is 408 g/mol. The van der Waals surface area contributed by atoms with E-state index < -0.39 is 0 Å². The van der Waals surface area contributed by atoms with Crippen LogP contribution < -0.4 is 5.32 Å². The highest BCUT2D eigenvalue weighted by Crippen LogP contribution is 2.30. The van der Waals surface area contributed by atoms with Gasteiger partial charge in [-0.05, 0) is 31.4 Å². The van der Waals surface area contributed by atoms with E-state index in [1.807, 2.05) is 19.9 Å². The number of rotatable bonds is 7. The van der Waals surface area contributed by atoms with Crippen LogP contribution in [0.25, 0.3) is 0 Å². The summed E-state index contributed by atoms with van der Waals surface area (Å²) in [6.45, 7) is 8.15. The fourth-order valence-corrected chi connectivity index (χ4v) is 5.33. The van der Waals surface area contributed by atoms with Crippen molar-refractivity contribution in [3.05, 3.63) is 69.0 Å². The average Bonchev–Trinajstić information content (AvgIpc) is 3.28. The minimum absolute atomic E-state index is 0.0144. The number of hydrogen-bond acceptors (Lipinski definition) is 5. The molecule has 7 heteroatoms. The molecule has 1 aliphatic heterocycles. The maximum absolute atomic E-state index is 13.0. The number of thiazole rings is 1. The summed E-state index contributed by atoms with van der Waals surface area (Å²) < 4.78 is 0. The first-order valence-corrected chi connectivity index (χ1v) is 11.6. The fraction of sp³-hybridized carbons (Fsp3) is 0.375. The van der Waals surface area contributed by atoms with Crippen molar-refractivity contribution in [1.82, 2.24) is 14.9 Å². The highest BCUT2D eigenvalue weighted by Gasteiger charge is 2.25. The fourth-order valence-electron chi connectivity index (χ4n) is 4.29. The van der Waals surface area contributed by atoms with Crippen molar-refractivity contribution in [2.45, 2.75) is 53.1 Å². The van der Waals surface area contributed by atoms with E-state index >= 15 is 0 Å². The topological polar surface area (TPSA) is 78.1 Å². The highest BCUT2D eigenvalue weighted by atomic mass is 32.1. The van der Waals surface area contributed by atoms with Crippen LogP contribution in [0.15, 0.2) is 30.3 Å². The number of Topliss-reactive ketones (excluding diaryl/α,β-unsaturated/α-hetero) is 1. The zero-order valence-electron chi connectivity index (χ0n) is 18.2. The number of nitrogens with one attached hydrogen (secondary N) is 2. The number of aryl methyl sites for hydroxylation is 1. The van der Waals surface area contributed by atoms with Crippen LogP contribution in [-0.2, 0) is 25.9 Å². The van der Waals surface area contributed by atoms with Crippen LogP contribution in [0.5, 0.6) is 0 Å². The lowest BCUT2D eigenvalue weighted by molar-refractivity contribution is 0.101. The molecule has 3 heterocycles. The molecule has 0 unspecified atom stereocenters. The summed E-state index contributed by atoms with van der Waals surface area (Å²) in [5.41, 5.74) is 5.04. The third-order valence-corrected chi connectivity index (χ3v) is 6.65. The van der Waals surface area contributed by atoms with Crippen LogP contribution in [-0.4, -0.2) is 33.1 Å². The van der Waals surface area contributed by atoms with E-state index in [1.165, 1.54) is 10.4 Å². The first-order valence-electron chi connectivity index (χ1n) is 10.7. The molecule has 6 nitrogen and oxygen atoms in total. The molecule has 162 valence electrons. The molecule has 0 fully saturated rings. The maximum Gasteiger partial charge on any atom is 0.274 e. The van der Waals surface area contributed by atoms with Gasteiger partial charge in [0.1, 0.15) is 5.69 Å². The maximum atomic E-state index is 13.0. The predicted octanol–water partition coefficient (Wildman–Crippen LogP) is 4.75. The molecule has 1 aliphatic rings. The summed E-state index contributed by atoms with van der Waals surface area (Å²) in [4.78, 5) is 36.5. The monoisotopic (exact) mass is 436 g/mol. The van der Waals surface area contributed by atoms with E-state index in [4.69, 9.17) is 0 Å². The predicted molar refractivity (Wildman–Crippen MR) is 124 cm³/mol. The van der Waals surface area contributed by atoms with E-state index in [-0.39, 0.29) is 11.7 Å². The Morgan fingerprint density at radius 3 is 2.74 bits per heavy atom. The molecule has 0 atom stereocenters. The van der Waals surface area contributed by atoms with Gasteiger partial charge >= 0.3 is 0 Å². The Hall–Kier alpha value is -2.77. The molecule has 1 aromatic carbocycles. The number of carbonyl (C=O) groups is 2. The number of hydrogen-bond donors (Lipinski definition) is 2. The number of amides is 1. The summed E-state index contributed by atoms with van der Waals surface area (Å²) in [7, 11) is 0. The molecule has 3 aromatic rings. The lowest BCUT2D eigenvalue weighted by Gasteiger charge is -2.25. The normalized spacial score (nSPS) is 13.8. The van der Waals surface area contributed by atoms with E-state index in [1.54, 1.807) is 18.3 Å². The summed E-state index contributed by atoms with van der Waals surface area (Å²) in [5, 5.41) is 3.59. The number of benzene rings is 1. The minimum Gasteiger partial charge on any atom is -0.354 e. The quantitative estimate of drug-likeness (QED) is 0.524. The number of carbonyl (C=O) groups excluding carboxylic acids is 2. The van der Waals surface area contributed by atoms with Gasteiger partial charge in [0, 0.05) is 42.2 Å². The van der Waals surface area contributed by atoms with Gasteiger partial charge in [-0.25, -0.2) is 4.98 Å². The second-order valence-electron chi connectivity index (χ2n) is 8.07. The number of aromatic amines is 1. The van der Waals surface area contributed by atoms with E-state index in [0.717, 1.165) is 49.4 Å². The number of aromatic nitrogens is 2. The SMILES string of the molecule is CCCc1c(C(=O)Nc2nc3c(s2)CN(Cc2ccccc2)CC3)[nH]c(C)c1C(C)=O. The molecule has 2 aromatic heterocycles. The zero-order valence-corrected chi connectivity index (χ0v) is 19.1. The molecule has 0 aliphatic carbocycles. The van der Waals surface area contributed by atoms with Crippen LogP contribution in [0.4, 0.5) is 5.13 Å². The van der Waals surface area contributed by atoms with Crippen molar-refractivity contribution in [2.24, 2.45) is 0 Å². The van der Waals surface area contributed by atoms with Gasteiger partial charge in [0.15, 0.2) is 10.9 Å². The molecule has 1 amide bonds. The van der Waals surface area contributed by atoms with E-state index in [0.29, 0.717) is 22.8 Å². The second kappa shape index (κ2) is 9.16. The number of fused-ring (bicyclic) bond motifs is 1. The Balaban J connectivity index is 1.49. The molecule has 31 heavy (non-hydrogen) atoms. The highest BCUT2D eigenvalue weighted by molar-refractivity contribution is 7.15. The Morgan fingerprint density at radius 2 is 2.03 bits per heavy atom. The van der Waals surface area contributed by atoms with Gasteiger partial charge in [-0.3, -0.25) is 19.8 Å². The summed E-state index contributed by atoms with van der Waals surface area (Å²) in [6.07, 6.45) is 2.43. The van der Waals surface area contributed by atoms with Crippen LogP contribution in [0.1, 0.15) is 68.5 Å². The van der Waals surface area contributed by atoms with E-state index in [9.17, 15) is 9.59 Å². The lowest BCUT2D eigenvalue weighted by Crippen LogP contribution is -2.29. The number of nitrogens with zero attached hydrogens (tertiary/aromatic N) is 2. The Labute approximate surface area is 186 Å². The van der Waals surface area contributed by atoms with Gasteiger partial charge in [0.05, 0.1) is 5.69 Å². The lowest BCUT2D eigenvalue weighted by atomic mass is 10.0. The molecule has 0 spiro atoms. The minimum atomic E-state index is -0.230. The summed E-state index contributed by atoms with van der Waals surface area (Å²) in [6, 6.07) is 10.5. The van der Waals surface area contributed by atoms with Crippen molar-refractivity contribution >= 4 is 28.2 Å². The van der Waals surface area contributed by atoms with Gasteiger partial charge < -0.3 is 4.98 Å². The molecule has 0 bridgehead atoms. The first-order chi connectivity index (χ1) is 15.0. The first kappa shape index (κ1) is 21.5. The van der Waals surface area contributed by atoms with Gasteiger partial charge in [-0.2, -0.15) is 0 Å². The standard InChI is InChI=1S/C24H28N4O2S/c1-4-8-18-21(16(3)29)15(2)25-22(18)23(30)27-24-26-19-11-12-28(14-20(19)31-24)13-17-9-6-5-7-10-17/h5-7,9-10,25H,4,8,11-14H2,1-3H3,(H,26,27,30). The van der Waals surface area contributed by atoms with Gasteiger partial charge in [-0.1, -0.05) is 43.7 Å². The van der Waals surface area contributed by atoms with E-state index in [2.05, 4.69) is 44.5 Å². The molecule has 0 saturated heterocycles. The molecule has 2 N–H and O–H groups in total. The summed E-state index contributed by atoms with van der Waals surface area (Å²) >= 11 is 1.54. The van der Waals surface area contributed by atoms with Gasteiger partial charge in [0.25, 0.3) is 5.91 Å². The van der Waals surface area contributed by atoms with Crippen molar-refractivity contribution in [3.63, 3.8) is 0 Å². The Bertz CT molecular complexity index is 1100. The van der Waals surface area contributed by atoms with Gasteiger partial charge in [-0.15, -0.1) is 11.3 Å². The van der Waals surface area contributed by atoms with Gasteiger partial charge in [0.2, 0.25) is 0 Å². The Kier molecular flexibility index (Phi) is 6.34. The number of ketones is 1. The van der Waals surface area contributed by atoms with Crippen molar-refractivity contribution in [1.29, 1.82) is 0 Å². The van der Waals surface area contributed by atoms with Crippen LogP contribution >= 0.6 is 11.3 Å². The third kappa shape index (κ3) is 4.62. The summed E-state index contributed by atoms with van der Waals surface area (Å²) in [5.74, 6) is -0.245. The molecule has 0 saturated carbocycles. The van der Waals surface area contributed by atoms with Crippen LogP contribution in [0.2, 0.25) is 0 Å². The van der Waals surface area contributed by atoms with Crippen molar-refractivity contribution < 1.29 is 9.59 Å². The molecule has 0 radical (unpaired) electrons. The molecular formula is C24H28N4O2S. The second-order valence-corrected chi connectivity index (χ2v) is 9.16.